The number of carbonyl (C=O) groups excluding carboxylic acids is 1. The Morgan fingerprint density at radius 1 is 0.958 bits per heavy atom. The first-order valence-electron chi connectivity index (χ1n) is 8.13. The van der Waals surface area contributed by atoms with E-state index in [2.05, 4.69) is 37.4 Å². The van der Waals surface area contributed by atoms with Crippen LogP contribution in [-0.2, 0) is 11.2 Å². The molecule has 0 spiro atoms. The Labute approximate surface area is 142 Å². The first-order chi connectivity index (χ1) is 11.6. The van der Waals surface area contributed by atoms with Crippen molar-refractivity contribution in [1.29, 1.82) is 0 Å². The molecule has 1 aromatic heterocycles. The molecule has 0 unspecified atom stereocenters. The van der Waals surface area contributed by atoms with E-state index in [1.807, 2.05) is 42.5 Å². The Bertz CT molecular complexity index is 834. The molecule has 3 nitrogen and oxygen atoms in total. The molecule has 0 fully saturated rings. The van der Waals surface area contributed by atoms with Gasteiger partial charge in [-0.25, -0.2) is 0 Å². The minimum Gasteiger partial charge on any atom is -0.461 e. The molecule has 0 aliphatic rings. The third kappa shape index (κ3) is 3.93. The molecule has 3 aromatic rings. The lowest BCUT2D eigenvalue weighted by Gasteiger charge is -2.04. The summed E-state index contributed by atoms with van der Waals surface area (Å²) in [6, 6.07) is 19.7. The van der Waals surface area contributed by atoms with Crippen LogP contribution in [0.3, 0.4) is 0 Å². The highest BCUT2D eigenvalue weighted by Gasteiger charge is 2.08. The van der Waals surface area contributed by atoms with E-state index in [1.54, 1.807) is 0 Å². The molecule has 3 rings (SSSR count). The standard InChI is InChI=1S/C21H21NO2/c1-15-8-9-17(14-16(15)2)20-12-10-19(24-20)11-13-21(23)22-18-6-4-3-5-7-18/h3-10,12,14H,11,13H2,1-2H3,(H,22,23). The van der Waals surface area contributed by atoms with Gasteiger partial charge in [0, 0.05) is 24.1 Å². The van der Waals surface area contributed by atoms with Gasteiger partial charge in [-0.05, 0) is 55.3 Å². The normalized spacial score (nSPS) is 10.6. The second-order valence-electron chi connectivity index (χ2n) is 5.98. The van der Waals surface area contributed by atoms with Crippen LogP contribution in [0.5, 0.6) is 0 Å². The van der Waals surface area contributed by atoms with Gasteiger partial charge in [0.25, 0.3) is 0 Å². The van der Waals surface area contributed by atoms with Crippen molar-refractivity contribution in [2.45, 2.75) is 26.7 Å². The largest absolute Gasteiger partial charge is 0.461 e. The summed E-state index contributed by atoms with van der Waals surface area (Å²) in [5, 5.41) is 2.88. The minimum absolute atomic E-state index is 0.00895. The molecule has 24 heavy (non-hydrogen) atoms. The molecular formula is C21H21NO2. The number of benzene rings is 2. The highest BCUT2D eigenvalue weighted by molar-refractivity contribution is 5.90. The predicted molar refractivity (Wildman–Crippen MR) is 97.0 cm³/mol. The van der Waals surface area contributed by atoms with E-state index in [1.165, 1.54) is 11.1 Å². The van der Waals surface area contributed by atoms with Crippen LogP contribution >= 0.6 is 0 Å². The zero-order valence-electron chi connectivity index (χ0n) is 14.0. The summed E-state index contributed by atoms with van der Waals surface area (Å²) in [6.07, 6.45) is 0.984. The number of hydrogen-bond donors (Lipinski definition) is 1. The Balaban J connectivity index is 1.60. The van der Waals surface area contributed by atoms with Gasteiger partial charge in [-0.3, -0.25) is 4.79 Å². The molecule has 0 radical (unpaired) electrons. The number of furan rings is 1. The molecule has 0 saturated carbocycles. The van der Waals surface area contributed by atoms with Gasteiger partial charge in [-0.2, -0.15) is 0 Å². The van der Waals surface area contributed by atoms with E-state index in [4.69, 9.17) is 4.42 Å². The number of rotatable bonds is 5. The van der Waals surface area contributed by atoms with Gasteiger partial charge in [0.05, 0.1) is 0 Å². The summed E-state index contributed by atoms with van der Waals surface area (Å²) >= 11 is 0. The Kier molecular flexibility index (Phi) is 4.80. The van der Waals surface area contributed by atoms with E-state index in [-0.39, 0.29) is 5.91 Å². The lowest BCUT2D eigenvalue weighted by Crippen LogP contribution is -2.11. The van der Waals surface area contributed by atoms with Crippen LogP contribution < -0.4 is 5.32 Å². The number of hydrogen-bond acceptors (Lipinski definition) is 2. The fraction of sp³-hybridized carbons (Fsp3) is 0.190. The summed E-state index contributed by atoms with van der Waals surface area (Å²) < 4.78 is 5.89. The lowest BCUT2D eigenvalue weighted by molar-refractivity contribution is -0.116. The maximum Gasteiger partial charge on any atom is 0.224 e. The number of nitrogens with one attached hydrogen (secondary N) is 1. The van der Waals surface area contributed by atoms with Crippen LogP contribution in [0.2, 0.25) is 0 Å². The maximum absolute atomic E-state index is 12.0. The first-order valence-corrected chi connectivity index (χ1v) is 8.13. The zero-order chi connectivity index (χ0) is 16.9. The molecule has 1 amide bonds. The van der Waals surface area contributed by atoms with Gasteiger partial charge < -0.3 is 9.73 Å². The van der Waals surface area contributed by atoms with Crippen molar-refractivity contribution in [3.8, 4) is 11.3 Å². The molecule has 0 aliphatic heterocycles. The maximum atomic E-state index is 12.0. The van der Waals surface area contributed by atoms with Crippen LogP contribution in [-0.4, -0.2) is 5.91 Å². The molecule has 1 N–H and O–H groups in total. The van der Waals surface area contributed by atoms with Gasteiger partial charge in [0.1, 0.15) is 11.5 Å². The fourth-order valence-corrected chi connectivity index (χ4v) is 2.54. The highest BCUT2D eigenvalue weighted by atomic mass is 16.3. The molecule has 122 valence electrons. The predicted octanol–water partition coefficient (Wildman–Crippen LogP) is 5.13. The van der Waals surface area contributed by atoms with Crippen molar-refractivity contribution in [3.05, 3.63) is 77.6 Å². The van der Waals surface area contributed by atoms with Crippen molar-refractivity contribution in [2.24, 2.45) is 0 Å². The quantitative estimate of drug-likeness (QED) is 0.708. The summed E-state index contributed by atoms with van der Waals surface area (Å²) in [5.74, 6) is 1.66. The molecule has 0 atom stereocenters. The number of amides is 1. The zero-order valence-corrected chi connectivity index (χ0v) is 14.0. The van der Waals surface area contributed by atoms with Gasteiger partial charge >= 0.3 is 0 Å². The molecule has 0 saturated heterocycles. The van der Waals surface area contributed by atoms with Gasteiger partial charge in [0.2, 0.25) is 5.91 Å². The molecule has 2 aromatic carbocycles. The van der Waals surface area contributed by atoms with E-state index in [0.29, 0.717) is 12.8 Å². The van der Waals surface area contributed by atoms with Crippen LogP contribution in [0.1, 0.15) is 23.3 Å². The number of para-hydroxylation sites is 1. The number of anilines is 1. The van der Waals surface area contributed by atoms with Crippen LogP contribution in [0.4, 0.5) is 5.69 Å². The van der Waals surface area contributed by atoms with Gasteiger partial charge in [-0.1, -0.05) is 30.3 Å². The third-order valence-electron chi connectivity index (χ3n) is 4.11. The monoisotopic (exact) mass is 319 g/mol. The van der Waals surface area contributed by atoms with Gasteiger partial charge in [-0.15, -0.1) is 0 Å². The Hall–Kier alpha value is -2.81. The average Bonchev–Trinajstić information content (AvgIpc) is 3.05. The summed E-state index contributed by atoms with van der Waals surface area (Å²) in [6.45, 7) is 4.19. The van der Waals surface area contributed by atoms with E-state index in [9.17, 15) is 4.79 Å². The van der Waals surface area contributed by atoms with Crippen molar-refractivity contribution in [2.75, 3.05) is 5.32 Å². The molecule has 3 heteroatoms. The molecule has 0 bridgehead atoms. The van der Waals surface area contributed by atoms with Crippen molar-refractivity contribution in [1.82, 2.24) is 0 Å². The average molecular weight is 319 g/mol. The smallest absolute Gasteiger partial charge is 0.224 e. The fourth-order valence-electron chi connectivity index (χ4n) is 2.54. The number of carbonyl (C=O) groups is 1. The van der Waals surface area contributed by atoms with E-state index >= 15 is 0 Å². The summed E-state index contributed by atoms with van der Waals surface area (Å²) in [4.78, 5) is 12.0. The Morgan fingerprint density at radius 2 is 1.75 bits per heavy atom. The van der Waals surface area contributed by atoms with Crippen LogP contribution in [0.25, 0.3) is 11.3 Å². The van der Waals surface area contributed by atoms with Crippen molar-refractivity contribution >= 4 is 11.6 Å². The Morgan fingerprint density at radius 3 is 2.50 bits per heavy atom. The van der Waals surface area contributed by atoms with E-state index < -0.39 is 0 Å². The lowest BCUT2D eigenvalue weighted by atomic mass is 10.1. The molecule has 0 aliphatic carbocycles. The highest BCUT2D eigenvalue weighted by Crippen LogP contribution is 2.25. The SMILES string of the molecule is Cc1ccc(-c2ccc(CCC(=O)Nc3ccccc3)o2)cc1C. The van der Waals surface area contributed by atoms with Crippen molar-refractivity contribution in [3.63, 3.8) is 0 Å². The van der Waals surface area contributed by atoms with Crippen molar-refractivity contribution < 1.29 is 9.21 Å². The van der Waals surface area contributed by atoms with Crippen LogP contribution in [0, 0.1) is 13.8 Å². The third-order valence-corrected chi connectivity index (χ3v) is 4.11. The number of aryl methyl sites for hydroxylation is 3. The molecular weight excluding hydrogens is 298 g/mol. The summed E-state index contributed by atoms with van der Waals surface area (Å²) in [5.41, 5.74) is 4.40. The minimum atomic E-state index is -0.00895. The van der Waals surface area contributed by atoms with Crippen LogP contribution in [0.15, 0.2) is 65.1 Å². The molecule has 1 heterocycles. The second-order valence-corrected chi connectivity index (χ2v) is 5.98. The second kappa shape index (κ2) is 7.18. The summed E-state index contributed by atoms with van der Waals surface area (Å²) in [7, 11) is 0. The topological polar surface area (TPSA) is 42.2 Å². The van der Waals surface area contributed by atoms with E-state index in [0.717, 1.165) is 22.8 Å². The first kappa shape index (κ1) is 16.1. The van der Waals surface area contributed by atoms with Gasteiger partial charge in [0.15, 0.2) is 0 Å².